The SMILES string of the molecule is COP(=O)(S)SSc1ccc(Cl)cc1. The van der Waals surface area contributed by atoms with E-state index < -0.39 is 5.77 Å². The Morgan fingerprint density at radius 3 is 2.50 bits per heavy atom. The Hall–Kier alpha value is 0.750. The Morgan fingerprint density at radius 1 is 1.43 bits per heavy atom. The molecule has 1 atom stereocenters. The molecule has 0 amide bonds. The lowest BCUT2D eigenvalue weighted by atomic mass is 10.4. The summed E-state index contributed by atoms with van der Waals surface area (Å²) >= 11 is 9.61. The zero-order valence-electron chi connectivity index (χ0n) is 7.21. The van der Waals surface area contributed by atoms with E-state index in [0.717, 1.165) is 15.3 Å². The Morgan fingerprint density at radius 2 is 2.00 bits per heavy atom. The first-order chi connectivity index (χ1) is 6.53. The topological polar surface area (TPSA) is 26.3 Å². The molecule has 1 unspecified atom stereocenters. The number of thiol groups is 1. The van der Waals surface area contributed by atoms with Gasteiger partial charge in [0.1, 0.15) is 0 Å². The van der Waals surface area contributed by atoms with Crippen molar-refractivity contribution >= 4 is 50.8 Å². The van der Waals surface area contributed by atoms with E-state index in [1.54, 1.807) is 12.1 Å². The standard InChI is InChI=1S/C7H8ClO2PS3/c1-10-11(9,12)14-13-7-4-2-6(8)3-5-7/h2-5H,1H3,(H,9,12). The van der Waals surface area contributed by atoms with E-state index in [9.17, 15) is 4.57 Å². The number of hydrogen-bond acceptors (Lipinski definition) is 4. The molecule has 0 aliphatic rings. The van der Waals surface area contributed by atoms with Gasteiger partial charge >= 0.3 is 5.77 Å². The maximum absolute atomic E-state index is 11.4. The van der Waals surface area contributed by atoms with Crippen LogP contribution in [0.2, 0.25) is 5.02 Å². The fourth-order valence-corrected chi connectivity index (χ4v) is 5.35. The summed E-state index contributed by atoms with van der Waals surface area (Å²) in [5.41, 5.74) is 0. The molecule has 0 saturated heterocycles. The molecule has 0 aromatic heterocycles. The number of hydrogen-bond donors (Lipinski definition) is 1. The van der Waals surface area contributed by atoms with Crippen LogP contribution in [0.5, 0.6) is 0 Å². The minimum Gasteiger partial charge on any atom is -0.317 e. The Bertz CT molecular complexity index is 343. The Labute approximate surface area is 101 Å². The lowest BCUT2D eigenvalue weighted by molar-refractivity contribution is 0.424. The molecule has 0 spiro atoms. The quantitative estimate of drug-likeness (QED) is 0.490. The molecule has 0 radical (unpaired) electrons. The molecule has 14 heavy (non-hydrogen) atoms. The van der Waals surface area contributed by atoms with Crippen molar-refractivity contribution in [2.75, 3.05) is 7.11 Å². The van der Waals surface area contributed by atoms with Crippen molar-refractivity contribution < 1.29 is 9.09 Å². The van der Waals surface area contributed by atoms with Gasteiger partial charge in [-0.1, -0.05) is 23.8 Å². The lowest BCUT2D eigenvalue weighted by Crippen LogP contribution is -1.69. The second-order valence-corrected chi connectivity index (χ2v) is 10.9. The second-order valence-electron chi connectivity index (χ2n) is 2.26. The van der Waals surface area contributed by atoms with Crippen LogP contribution in [-0.2, 0) is 9.09 Å². The third-order valence-electron chi connectivity index (χ3n) is 1.27. The molecule has 1 aromatic carbocycles. The molecule has 0 fully saturated rings. The molecule has 1 rings (SSSR count). The van der Waals surface area contributed by atoms with Gasteiger partial charge in [0.2, 0.25) is 0 Å². The Kier molecular flexibility index (Phi) is 5.25. The van der Waals surface area contributed by atoms with Crippen molar-refractivity contribution in [3.63, 3.8) is 0 Å². The maximum Gasteiger partial charge on any atom is 0.320 e. The minimum absolute atomic E-state index is 0.681. The third kappa shape index (κ3) is 4.51. The van der Waals surface area contributed by atoms with E-state index in [2.05, 4.69) is 12.2 Å². The molecule has 0 aliphatic carbocycles. The first-order valence-electron chi connectivity index (χ1n) is 3.54. The molecule has 0 bridgehead atoms. The summed E-state index contributed by atoms with van der Waals surface area (Å²) in [5.74, 6) is -2.81. The highest BCUT2D eigenvalue weighted by Gasteiger charge is 2.16. The van der Waals surface area contributed by atoms with Gasteiger partial charge < -0.3 is 4.52 Å². The summed E-state index contributed by atoms with van der Waals surface area (Å²) in [6.45, 7) is 0. The van der Waals surface area contributed by atoms with Crippen molar-refractivity contribution in [1.82, 2.24) is 0 Å². The average Bonchev–Trinajstić information content (AvgIpc) is 2.17. The third-order valence-corrected chi connectivity index (χ3v) is 9.18. The van der Waals surface area contributed by atoms with Crippen LogP contribution < -0.4 is 0 Å². The van der Waals surface area contributed by atoms with Crippen LogP contribution in [0.15, 0.2) is 29.2 Å². The van der Waals surface area contributed by atoms with Crippen molar-refractivity contribution in [3.8, 4) is 0 Å². The predicted molar refractivity (Wildman–Crippen MR) is 68.5 cm³/mol. The highest BCUT2D eigenvalue weighted by atomic mass is 35.5. The van der Waals surface area contributed by atoms with E-state index >= 15 is 0 Å². The fourth-order valence-electron chi connectivity index (χ4n) is 0.611. The van der Waals surface area contributed by atoms with Crippen LogP contribution in [0.25, 0.3) is 0 Å². The van der Waals surface area contributed by atoms with E-state index in [0.29, 0.717) is 5.02 Å². The molecular weight excluding hydrogens is 279 g/mol. The lowest BCUT2D eigenvalue weighted by Gasteiger charge is -2.06. The van der Waals surface area contributed by atoms with E-state index in [1.165, 1.54) is 17.9 Å². The van der Waals surface area contributed by atoms with E-state index in [-0.39, 0.29) is 0 Å². The van der Waals surface area contributed by atoms with Gasteiger partial charge in [-0.3, -0.25) is 4.57 Å². The van der Waals surface area contributed by atoms with Crippen LogP contribution in [0, 0.1) is 0 Å². The van der Waals surface area contributed by atoms with Crippen LogP contribution in [0.3, 0.4) is 0 Å². The molecule has 0 aliphatic heterocycles. The molecule has 2 nitrogen and oxygen atoms in total. The van der Waals surface area contributed by atoms with Gasteiger partial charge in [0.05, 0.1) is 0 Å². The first-order valence-corrected chi connectivity index (χ1v) is 9.45. The zero-order chi connectivity index (χ0) is 10.6. The van der Waals surface area contributed by atoms with E-state index in [1.807, 2.05) is 12.1 Å². The molecule has 0 saturated carbocycles. The van der Waals surface area contributed by atoms with Gasteiger partial charge in [0.25, 0.3) is 0 Å². The largest absolute Gasteiger partial charge is 0.320 e. The fraction of sp³-hybridized carbons (Fsp3) is 0.143. The zero-order valence-corrected chi connectivity index (χ0v) is 11.4. The summed E-state index contributed by atoms with van der Waals surface area (Å²) in [6.07, 6.45) is 0. The van der Waals surface area contributed by atoms with Crippen molar-refractivity contribution in [2.45, 2.75) is 4.90 Å². The van der Waals surface area contributed by atoms with Gasteiger partial charge in [-0.05, 0) is 35.1 Å². The molecular formula is C7H8ClO2PS3. The summed E-state index contributed by atoms with van der Waals surface area (Å²) in [4.78, 5) is 0.964. The summed E-state index contributed by atoms with van der Waals surface area (Å²) in [5, 5.41) is 0.681. The summed E-state index contributed by atoms with van der Waals surface area (Å²) in [6, 6.07) is 7.26. The highest BCUT2D eigenvalue weighted by Crippen LogP contribution is 2.68. The normalized spacial score (nSPS) is 15.1. The molecule has 0 N–H and O–H groups in total. The number of halogens is 1. The average molecular weight is 287 g/mol. The summed E-state index contributed by atoms with van der Waals surface area (Å²) in [7, 11) is 3.84. The smallest absolute Gasteiger partial charge is 0.317 e. The van der Waals surface area contributed by atoms with Gasteiger partial charge in [0, 0.05) is 27.4 Å². The van der Waals surface area contributed by atoms with Gasteiger partial charge in [-0.2, -0.15) is 0 Å². The molecule has 1 aromatic rings. The molecule has 0 heterocycles. The number of rotatable bonds is 4. The minimum atomic E-state index is -2.81. The van der Waals surface area contributed by atoms with Crippen molar-refractivity contribution in [1.29, 1.82) is 0 Å². The van der Waals surface area contributed by atoms with Crippen molar-refractivity contribution in [3.05, 3.63) is 29.3 Å². The van der Waals surface area contributed by atoms with Crippen LogP contribution in [0.1, 0.15) is 0 Å². The van der Waals surface area contributed by atoms with Crippen LogP contribution in [-0.4, -0.2) is 7.11 Å². The van der Waals surface area contributed by atoms with Crippen LogP contribution in [0.4, 0.5) is 0 Å². The van der Waals surface area contributed by atoms with Gasteiger partial charge in [-0.25, -0.2) is 0 Å². The highest BCUT2D eigenvalue weighted by molar-refractivity contribution is 9.10. The second kappa shape index (κ2) is 5.73. The van der Waals surface area contributed by atoms with Gasteiger partial charge in [0.15, 0.2) is 0 Å². The monoisotopic (exact) mass is 286 g/mol. The number of benzene rings is 1. The molecule has 78 valence electrons. The van der Waals surface area contributed by atoms with Gasteiger partial charge in [-0.15, -0.1) is 0 Å². The Balaban J connectivity index is 2.54. The predicted octanol–water partition coefficient (Wildman–Crippen LogP) is 4.76. The maximum atomic E-state index is 11.4. The molecule has 7 heteroatoms. The van der Waals surface area contributed by atoms with E-state index in [4.69, 9.17) is 16.1 Å². The first kappa shape index (κ1) is 12.8. The van der Waals surface area contributed by atoms with Crippen LogP contribution >= 0.6 is 50.8 Å². The van der Waals surface area contributed by atoms with Crippen molar-refractivity contribution in [2.24, 2.45) is 0 Å². The summed E-state index contributed by atoms with van der Waals surface area (Å²) < 4.78 is 16.1.